The first kappa shape index (κ1) is 8.42. The van der Waals surface area contributed by atoms with Gasteiger partial charge in [-0.2, -0.15) is 0 Å². The molecule has 13 heavy (non-hydrogen) atoms. The minimum Gasteiger partial charge on any atom is -0.486 e. The smallest absolute Gasteiger partial charge is 0.164 e. The minimum absolute atomic E-state index is 0.663. The lowest BCUT2D eigenvalue weighted by molar-refractivity contribution is 0.169. The third-order valence-electron chi connectivity index (χ3n) is 2.51. The first-order valence-electron chi connectivity index (χ1n) is 4.56. The SMILES string of the molecule is Cc1cc(C)c2c(c1C)OCCO2. The van der Waals surface area contributed by atoms with Gasteiger partial charge in [0.15, 0.2) is 11.5 Å². The molecule has 2 rings (SSSR count). The highest BCUT2D eigenvalue weighted by Gasteiger charge is 2.17. The summed E-state index contributed by atoms with van der Waals surface area (Å²) in [6.07, 6.45) is 0. The summed E-state index contributed by atoms with van der Waals surface area (Å²) in [5.74, 6) is 1.86. The standard InChI is InChI=1S/C11H14O2/c1-7-6-8(2)10-11(9(7)3)13-5-4-12-10/h6H,4-5H2,1-3H3. The largest absolute Gasteiger partial charge is 0.486 e. The van der Waals surface area contributed by atoms with Crippen molar-refractivity contribution in [3.05, 3.63) is 22.8 Å². The van der Waals surface area contributed by atoms with Crippen molar-refractivity contribution in [2.75, 3.05) is 13.2 Å². The van der Waals surface area contributed by atoms with Crippen molar-refractivity contribution >= 4 is 0 Å². The highest BCUT2D eigenvalue weighted by Crippen LogP contribution is 2.38. The molecule has 0 N–H and O–H groups in total. The first-order valence-corrected chi connectivity index (χ1v) is 4.56. The summed E-state index contributed by atoms with van der Waals surface area (Å²) in [5.41, 5.74) is 3.62. The van der Waals surface area contributed by atoms with Crippen LogP contribution in [0.3, 0.4) is 0 Å². The van der Waals surface area contributed by atoms with E-state index in [1.807, 2.05) is 0 Å². The van der Waals surface area contributed by atoms with E-state index in [1.165, 1.54) is 11.1 Å². The molecule has 0 atom stereocenters. The van der Waals surface area contributed by atoms with Crippen LogP contribution in [-0.4, -0.2) is 13.2 Å². The number of benzene rings is 1. The molecule has 1 aliphatic rings. The Morgan fingerprint density at radius 3 is 2.23 bits per heavy atom. The average Bonchev–Trinajstić information content (AvgIpc) is 2.15. The van der Waals surface area contributed by atoms with Crippen LogP contribution in [0.4, 0.5) is 0 Å². The second kappa shape index (κ2) is 2.95. The zero-order chi connectivity index (χ0) is 9.42. The fraction of sp³-hybridized carbons (Fsp3) is 0.455. The first-order chi connectivity index (χ1) is 6.20. The molecule has 2 nitrogen and oxygen atoms in total. The number of aryl methyl sites for hydroxylation is 2. The van der Waals surface area contributed by atoms with Crippen molar-refractivity contribution in [2.24, 2.45) is 0 Å². The fourth-order valence-corrected chi connectivity index (χ4v) is 1.67. The van der Waals surface area contributed by atoms with Crippen LogP contribution in [0.1, 0.15) is 16.7 Å². The van der Waals surface area contributed by atoms with E-state index < -0.39 is 0 Å². The predicted molar refractivity (Wildman–Crippen MR) is 51.6 cm³/mol. The van der Waals surface area contributed by atoms with E-state index in [1.54, 1.807) is 0 Å². The summed E-state index contributed by atoms with van der Waals surface area (Å²) in [6.45, 7) is 7.55. The molecule has 1 aromatic rings. The second-order valence-corrected chi connectivity index (χ2v) is 3.49. The quantitative estimate of drug-likeness (QED) is 0.607. The molecule has 1 aromatic carbocycles. The van der Waals surface area contributed by atoms with Gasteiger partial charge in [-0.05, 0) is 37.5 Å². The average molecular weight is 178 g/mol. The van der Waals surface area contributed by atoms with Crippen LogP contribution in [0.25, 0.3) is 0 Å². The molecule has 0 saturated heterocycles. The van der Waals surface area contributed by atoms with Gasteiger partial charge in [-0.1, -0.05) is 6.07 Å². The van der Waals surface area contributed by atoms with Crippen LogP contribution >= 0.6 is 0 Å². The van der Waals surface area contributed by atoms with Crippen LogP contribution in [-0.2, 0) is 0 Å². The molecule has 0 amide bonds. The normalized spacial score (nSPS) is 14.4. The van der Waals surface area contributed by atoms with Gasteiger partial charge in [0.1, 0.15) is 13.2 Å². The number of fused-ring (bicyclic) bond motifs is 1. The third kappa shape index (κ3) is 1.26. The van der Waals surface area contributed by atoms with Crippen molar-refractivity contribution < 1.29 is 9.47 Å². The van der Waals surface area contributed by atoms with Crippen LogP contribution < -0.4 is 9.47 Å². The van der Waals surface area contributed by atoms with Crippen molar-refractivity contribution in [3.8, 4) is 11.5 Å². The van der Waals surface area contributed by atoms with Gasteiger partial charge < -0.3 is 9.47 Å². The van der Waals surface area contributed by atoms with E-state index in [9.17, 15) is 0 Å². The van der Waals surface area contributed by atoms with Crippen molar-refractivity contribution in [3.63, 3.8) is 0 Å². The summed E-state index contributed by atoms with van der Waals surface area (Å²) in [5, 5.41) is 0. The lowest BCUT2D eigenvalue weighted by Crippen LogP contribution is -2.17. The molecule has 0 bridgehead atoms. The van der Waals surface area contributed by atoms with Gasteiger partial charge in [0.2, 0.25) is 0 Å². The Morgan fingerprint density at radius 2 is 1.54 bits per heavy atom. The lowest BCUT2D eigenvalue weighted by atomic mass is 10.0. The van der Waals surface area contributed by atoms with Crippen molar-refractivity contribution in [2.45, 2.75) is 20.8 Å². The number of ether oxygens (including phenoxy) is 2. The maximum Gasteiger partial charge on any atom is 0.164 e. The Morgan fingerprint density at radius 1 is 0.923 bits per heavy atom. The topological polar surface area (TPSA) is 18.5 Å². The van der Waals surface area contributed by atoms with E-state index in [2.05, 4.69) is 26.8 Å². The highest BCUT2D eigenvalue weighted by atomic mass is 16.6. The molecule has 0 aliphatic carbocycles. The Bertz CT molecular complexity index is 342. The monoisotopic (exact) mass is 178 g/mol. The summed E-state index contributed by atoms with van der Waals surface area (Å²) in [6, 6.07) is 2.14. The van der Waals surface area contributed by atoms with E-state index in [0.717, 1.165) is 17.1 Å². The molecule has 2 heteroatoms. The molecule has 1 heterocycles. The summed E-state index contributed by atoms with van der Waals surface area (Å²) in [4.78, 5) is 0. The number of hydrogen-bond acceptors (Lipinski definition) is 2. The minimum atomic E-state index is 0.663. The lowest BCUT2D eigenvalue weighted by Gasteiger charge is -2.22. The molecule has 0 unspecified atom stereocenters. The summed E-state index contributed by atoms with van der Waals surface area (Å²) >= 11 is 0. The fourth-order valence-electron chi connectivity index (χ4n) is 1.67. The summed E-state index contributed by atoms with van der Waals surface area (Å²) in [7, 11) is 0. The molecular weight excluding hydrogens is 164 g/mol. The number of hydrogen-bond donors (Lipinski definition) is 0. The Balaban J connectivity index is 2.63. The van der Waals surface area contributed by atoms with E-state index in [-0.39, 0.29) is 0 Å². The van der Waals surface area contributed by atoms with E-state index in [0.29, 0.717) is 13.2 Å². The van der Waals surface area contributed by atoms with Gasteiger partial charge in [-0.15, -0.1) is 0 Å². The highest BCUT2D eigenvalue weighted by molar-refractivity contribution is 5.54. The van der Waals surface area contributed by atoms with Crippen LogP contribution in [0, 0.1) is 20.8 Å². The maximum atomic E-state index is 5.59. The van der Waals surface area contributed by atoms with Gasteiger partial charge in [0.05, 0.1) is 0 Å². The molecule has 0 saturated carbocycles. The van der Waals surface area contributed by atoms with Gasteiger partial charge in [-0.3, -0.25) is 0 Å². The van der Waals surface area contributed by atoms with Crippen LogP contribution in [0.5, 0.6) is 11.5 Å². The molecular formula is C11H14O2. The van der Waals surface area contributed by atoms with E-state index >= 15 is 0 Å². The van der Waals surface area contributed by atoms with Crippen molar-refractivity contribution in [1.82, 2.24) is 0 Å². The van der Waals surface area contributed by atoms with Gasteiger partial charge in [0.25, 0.3) is 0 Å². The van der Waals surface area contributed by atoms with Gasteiger partial charge >= 0.3 is 0 Å². The van der Waals surface area contributed by atoms with E-state index in [4.69, 9.17) is 9.47 Å². The molecule has 0 aromatic heterocycles. The molecule has 0 fully saturated rings. The predicted octanol–water partition coefficient (Wildman–Crippen LogP) is 2.38. The Labute approximate surface area is 78.5 Å². The molecule has 0 radical (unpaired) electrons. The molecule has 0 spiro atoms. The zero-order valence-corrected chi connectivity index (χ0v) is 8.31. The van der Waals surface area contributed by atoms with Gasteiger partial charge in [0, 0.05) is 0 Å². The Kier molecular flexibility index (Phi) is 1.91. The molecule has 1 aliphatic heterocycles. The molecule has 70 valence electrons. The maximum absolute atomic E-state index is 5.59. The van der Waals surface area contributed by atoms with Crippen LogP contribution in [0.2, 0.25) is 0 Å². The number of rotatable bonds is 0. The summed E-state index contributed by atoms with van der Waals surface area (Å²) < 4.78 is 11.2. The van der Waals surface area contributed by atoms with Gasteiger partial charge in [-0.25, -0.2) is 0 Å². The van der Waals surface area contributed by atoms with Crippen LogP contribution in [0.15, 0.2) is 6.07 Å². The second-order valence-electron chi connectivity index (χ2n) is 3.49. The van der Waals surface area contributed by atoms with Crippen molar-refractivity contribution in [1.29, 1.82) is 0 Å². The Hall–Kier alpha value is -1.18. The third-order valence-corrected chi connectivity index (χ3v) is 2.51. The zero-order valence-electron chi connectivity index (χ0n) is 8.31.